The smallest absolute Gasteiger partial charge is 0.137 e. The summed E-state index contributed by atoms with van der Waals surface area (Å²) in [6.07, 6.45) is 1.94. The number of nitrogens with zero attached hydrogens (tertiary/aromatic N) is 5. The minimum Gasteiger partial charge on any atom is -0.457 e. The van der Waals surface area contributed by atoms with E-state index < -0.39 is 0 Å². The van der Waals surface area contributed by atoms with Crippen LogP contribution in [0, 0.1) is 13.8 Å². The second-order valence-electron chi connectivity index (χ2n) is 19.5. The molecule has 316 valence electrons. The molecule has 0 spiro atoms. The van der Waals surface area contributed by atoms with Gasteiger partial charge in [-0.1, -0.05) is 114 Å². The van der Waals surface area contributed by atoms with E-state index in [9.17, 15) is 0 Å². The number of para-hydroxylation sites is 4. The summed E-state index contributed by atoms with van der Waals surface area (Å²) in [5, 5.41) is 4.76. The highest BCUT2D eigenvalue weighted by atomic mass is 16.5. The highest BCUT2D eigenvalue weighted by Crippen LogP contribution is 2.48. The van der Waals surface area contributed by atoms with Gasteiger partial charge in [0.15, 0.2) is 0 Å². The fraction of sp³-hybridized carbons (Fsp3) is 0.190. The topological polar surface area (TPSA) is 38.5 Å². The van der Waals surface area contributed by atoms with Gasteiger partial charge in [0.2, 0.25) is 0 Å². The third-order valence-corrected chi connectivity index (χ3v) is 13.1. The van der Waals surface area contributed by atoms with Crippen LogP contribution in [-0.2, 0) is 10.8 Å². The minimum absolute atomic E-state index is 0.0514. The molecule has 0 bridgehead atoms. The molecule has 0 aliphatic carbocycles. The molecule has 10 aromatic rings. The van der Waals surface area contributed by atoms with Crippen molar-refractivity contribution in [2.24, 2.45) is 0 Å². The molecule has 11 rings (SSSR count). The van der Waals surface area contributed by atoms with Gasteiger partial charge < -0.3 is 19.1 Å². The number of hydrogen-bond acceptors (Lipinski definition) is 4. The number of aryl methyl sites for hydroxylation is 2. The predicted octanol–water partition coefficient (Wildman–Crippen LogP) is 15.5. The van der Waals surface area contributed by atoms with E-state index in [1.807, 2.05) is 6.20 Å². The zero-order chi connectivity index (χ0) is 44.1. The van der Waals surface area contributed by atoms with E-state index in [-0.39, 0.29) is 10.8 Å². The fourth-order valence-corrected chi connectivity index (χ4v) is 9.99. The molecule has 0 fully saturated rings. The first-order valence-corrected chi connectivity index (χ1v) is 22.4. The second-order valence-corrected chi connectivity index (χ2v) is 19.5. The molecule has 0 saturated carbocycles. The van der Waals surface area contributed by atoms with E-state index in [1.165, 1.54) is 66.5 Å². The van der Waals surface area contributed by atoms with Gasteiger partial charge in [-0.15, -0.1) is 0 Å². The fourth-order valence-electron chi connectivity index (χ4n) is 9.99. The van der Waals surface area contributed by atoms with Gasteiger partial charge >= 0.3 is 0 Å². The van der Waals surface area contributed by atoms with Gasteiger partial charge in [-0.2, -0.15) is 0 Å². The van der Waals surface area contributed by atoms with Gasteiger partial charge in [0.25, 0.3) is 0 Å². The largest absolute Gasteiger partial charge is 0.457 e. The molecule has 1 aliphatic heterocycles. The van der Waals surface area contributed by atoms with E-state index >= 15 is 0 Å². The Bertz CT molecular complexity index is 3430. The van der Waals surface area contributed by atoms with Crippen molar-refractivity contribution in [1.29, 1.82) is 0 Å². The number of aromatic nitrogens is 3. The van der Waals surface area contributed by atoms with Crippen LogP contribution in [0.1, 0.15) is 63.8 Å². The number of ether oxygens (including phenoxy) is 1. The van der Waals surface area contributed by atoms with Crippen LogP contribution in [0.5, 0.6) is 11.5 Å². The first-order valence-electron chi connectivity index (χ1n) is 22.4. The first kappa shape index (κ1) is 39.5. The number of hydrogen-bond donors (Lipinski definition) is 0. The maximum absolute atomic E-state index is 6.88. The summed E-state index contributed by atoms with van der Waals surface area (Å²) in [6, 6.07) is 56.9. The van der Waals surface area contributed by atoms with Crippen molar-refractivity contribution < 1.29 is 4.74 Å². The summed E-state index contributed by atoms with van der Waals surface area (Å²) in [6.45, 7) is 18.8. The van der Waals surface area contributed by atoms with Gasteiger partial charge in [-0.05, 0) is 120 Å². The van der Waals surface area contributed by atoms with Crippen LogP contribution in [0.3, 0.4) is 0 Å². The minimum atomic E-state index is -0.0514. The summed E-state index contributed by atoms with van der Waals surface area (Å²) < 4.78 is 11.6. The van der Waals surface area contributed by atoms with Crippen molar-refractivity contribution in [2.45, 2.75) is 66.2 Å². The van der Waals surface area contributed by atoms with Crippen molar-refractivity contribution in [3.05, 3.63) is 186 Å². The van der Waals surface area contributed by atoms with Crippen molar-refractivity contribution in [3.63, 3.8) is 0 Å². The zero-order valence-corrected chi connectivity index (χ0v) is 37.9. The summed E-state index contributed by atoms with van der Waals surface area (Å²) >= 11 is 0. The van der Waals surface area contributed by atoms with Gasteiger partial charge in [0.05, 0.1) is 33.4 Å². The van der Waals surface area contributed by atoms with Crippen LogP contribution in [-0.4, -0.2) is 20.8 Å². The van der Waals surface area contributed by atoms with Gasteiger partial charge in [-0.3, -0.25) is 4.57 Å². The quantitative estimate of drug-likeness (QED) is 0.167. The Hall–Kier alpha value is -7.31. The number of pyridine rings is 1. The molecular formula is C58H53N5O. The molecule has 0 unspecified atom stereocenters. The Labute approximate surface area is 375 Å². The number of rotatable bonds is 6. The van der Waals surface area contributed by atoms with Crippen LogP contribution in [0.15, 0.2) is 164 Å². The molecule has 64 heavy (non-hydrogen) atoms. The lowest BCUT2D eigenvalue weighted by Gasteiger charge is -2.28. The normalized spacial score (nSPS) is 13.2. The molecule has 0 atom stereocenters. The molecule has 7 aromatic carbocycles. The predicted molar refractivity (Wildman–Crippen MR) is 268 cm³/mol. The Morgan fingerprint density at radius 3 is 1.89 bits per heavy atom. The Kier molecular flexibility index (Phi) is 9.04. The summed E-state index contributed by atoms with van der Waals surface area (Å²) in [4.78, 5) is 9.90. The summed E-state index contributed by atoms with van der Waals surface area (Å²) in [7, 11) is 0. The van der Waals surface area contributed by atoms with Gasteiger partial charge in [-0.25, -0.2) is 4.98 Å². The maximum atomic E-state index is 6.88. The third kappa shape index (κ3) is 6.42. The lowest BCUT2D eigenvalue weighted by atomic mass is 9.84. The van der Waals surface area contributed by atoms with Crippen molar-refractivity contribution >= 4 is 66.4 Å². The van der Waals surface area contributed by atoms with E-state index in [1.54, 1.807) is 0 Å². The van der Waals surface area contributed by atoms with Crippen molar-refractivity contribution in [1.82, 2.24) is 14.1 Å². The van der Waals surface area contributed by atoms with Crippen molar-refractivity contribution in [3.8, 4) is 23.0 Å². The van der Waals surface area contributed by atoms with E-state index in [0.717, 1.165) is 45.1 Å². The monoisotopic (exact) mass is 835 g/mol. The Balaban J connectivity index is 1.04. The zero-order valence-electron chi connectivity index (χ0n) is 37.9. The molecule has 6 heteroatoms. The van der Waals surface area contributed by atoms with Crippen LogP contribution in [0.25, 0.3) is 55.1 Å². The third-order valence-electron chi connectivity index (χ3n) is 13.1. The average Bonchev–Trinajstić information content (AvgIpc) is 3.94. The molecule has 0 N–H and O–H groups in total. The van der Waals surface area contributed by atoms with Crippen molar-refractivity contribution in [2.75, 3.05) is 16.5 Å². The molecule has 0 amide bonds. The lowest BCUT2D eigenvalue weighted by molar-refractivity contribution is 0.483. The molecule has 3 aromatic heterocycles. The van der Waals surface area contributed by atoms with E-state index in [0.29, 0.717) is 6.67 Å². The molecule has 0 saturated heterocycles. The van der Waals surface area contributed by atoms with E-state index in [2.05, 4.69) is 232 Å². The van der Waals surface area contributed by atoms with Gasteiger partial charge in [0, 0.05) is 56.9 Å². The standard InChI is InChI=1S/C58H53N5O/c1-37-31-40(58(6,7)8)32-38(2)55(37)61-36-60(49-23-14-15-24-50(49)61)42-19-16-20-43(34-42)64-44-25-26-47-52(35-44)63(53-33-39(29-30-59-53)57(3,4)5)51-28-27-46-45-21-12-13-22-48(45)62(56(46)54(47)51)41-17-10-9-11-18-41/h9-35H,36H2,1-8H3. The molecule has 0 radical (unpaired) electrons. The molecule has 1 aliphatic rings. The highest BCUT2D eigenvalue weighted by Gasteiger charge is 2.31. The van der Waals surface area contributed by atoms with Gasteiger partial charge in [0.1, 0.15) is 24.0 Å². The number of benzene rings is 7. The molecular weight excluding hydrogens is 783 g/mol. The first-order chi connectivity index (χ1) is 30.8. The SMILES string of the molecule is Cc1cc(C(C)(C)C)cc(C)c1N1CN(c2cccc(Oc3ccc4c5c(ccc6c7ccccc7n(-c7ccccc7)c65)n(-c5cc(C(C)(C)C)ccn5)c4c3)c2)c2ccccc21. The van der Waals surface area contributed by atoms with Crippen LogP contribution in [0.2, 0.25) is 0 Å². The summed E-state index contributed by atoms with van der Waals surface area (Å²) in [5.41, 5.74) is 15.5. The van der Waals surface area contributed by atoms with Crippen LogP contribution >= 0.6 is 0 Å². The number of anilines is 4. The Morgan fingerprint density at radius 1 is 0.484 bits per heavy atom. The molecule has 4 heterocycles. The Morgan fingerprint density at radius 2 is 1.14 bits per heavy atom. The van der Waals surface area contributed by atoms with Crippen LogP contribution < -0.4 is 14.5 Å². The maximum Gasteiger partial charge on any atom is 0.137 e. The number of fused-ring (bicyclic) bond motifs is 8. The summed E-state index contributed by atoms with van der Waals surface area (Å²) in [5.74, 6) is 2.41. The average molecular weight is 836 g/mol. The molecule has 6 nitrogen and oxygen atoms in total. The van der Waals surface area contributed by atoms with Crippen LogP contribution in [0.4, 0.5) is 22.7 Å². The van der Waals surface area contributed by atoms with E-state index in [4.69, 9.17) is 9.72 Å². The lowest BCUT2D eigenvalue weighted by Crippen LogP contribution is -2.25. The second kappa shape index (κ2) is 14.6. The highest BCUT2D eigenvalue weighted by molar-refractivity contribution is 6.26.